The van der Waals surface area contributed by atoms with Crippen molar-refractivity contribution in [2.75, 3.05) is 0 Å². The van der Waals surface area contributed by atoms with Crippen LogP contribution in [0, 0.1) is 18.8 Å². The average molecular weight is 237 g/mol. The van der Waals surface area contributed by atoms with Gasteiger partial charge in [-0.05, 0) is 42.2 Å². The zero-order chi connectivity index (χ0) is 11.5. The smallest absolute Gasteiger partial charge is 0.0305 e. The van der Waals surface area contributed by atoms with Crippen LogP contribution < -0.4 is 5.32 Å². The molecule has 0 aromatic carbocycles. The highest BCUT2D eigenvalue weighted by Gasteiger charge is 2.26. The van der Waals surface area contributed by atoms with Gasteiger partial charge in [-0.25, -0.2) is 0 Å². The summed E-state index contributed by atoms with van der Waals surface area (Å²) in [6.07, 6.45) is 4.17. The molecule has 1 aromatic heterocycles. The fourth-order valence-corrected chi connectivity index (χ4v) is 3.54. The minimum absolute atomic E-state index is 0.727. The lowest BCUT2D eigenvalue weighted by atomic mass is 9.78. The highest BCUT2D eigenvalue weighted by Crippen LogP contribution is 2.30. The molecule has 1 nitrogen and oxygen atoms in total. The number of rotatable bonds is 3. The molecule has 3 atom stereocenters. The fraction of sp³-hybridized carbons (Fsp3) is 0.714. The molecule has 0 radical (unpaired) electrons. The van der Waals surface area contributed by atoms with Crippen LogP contribution in [-0.2, 0) is 6.54 Å². The maximum absolute atomic E-state index is 3.76. The molecule has 90 valence electrons. The Balaban J connectivity index is 1.88. The normalized spacial score (nSPS) is 30.6. The van der Waals surface area contributed by atoms with Crippen LogP contribution in [0.15, 0.2) is 11.4 Å². The molecule has 0 aliphatic heterocycles. The molecule has 1 N–H and O–H groups in total. The molecular formula is C14H23NS. The van der Waals surface area contributed by atoms with Gasteiger partial charge in [-0.3, -0.25) is 0 Å². The van der Waals surface area contributed by atoms with E-state index in [2.05, 4.69) is 37.5 Å². The molecule has 16 heavy (non-hydrogen) atoms. The summed E-state index contributed by atoms with van der Waals surface area (Å²) in [4.78, 5) is 1.51. The van der Waals surface area contributed by atoms with E-state index < -0.39 is 0 Å². The summed E-state index contributed by atoms with van der Waals surface area (Å²) in [6, 6.07) is 2.94. The minimum atomic E-state index is 0.727. The topological polar surface area (TPSA) is 12.0 Å². The lowest BCUT2D eigenvalue weighted by Gasteiger charge is -2.34. The van der Waals surface area contributed by atoms with Crippen molar-refractivity contribution < 1.29 is 0 Å². The van der Waals surface area contributed by atoms with E-state index in [0.717, 1.165) is 24.4 Å². The summed E-state index contributed by atoms with van der Waals surface area (Å²) in [5.74, 6) is 1.71. The van der Waals surface area contributed by atoms with Gasteiger partial charge in [-0.15, -0.1) is 11.3 Å². The molecule has 2 rings (SSSR count). The predicted molar refractivity (Wildman–Crippen MR) is 71.9 cm³/mol. The fourth-order valence-electron chi connectivity index (χ4n) is 2.68. The first-order chi connectivity index (χ1) is 7.68. The number of aryl methyl sites for hydroxylation is 1. The van der Waals surface area contributed by atoms with Crippen LogP contribution in [0.25, 0.3) is 0 Å². The SMILES string of the molecule is Cc1ccsc1CN[C@@H]1CCC[C@H](C)[C@H]1C. The van der Waals surface area contributed by atoms with Gasteiger partial charge in [-0.1, -0.05) is 26.7 Å². The molecule has 1 aromatic rings. The van der Waals surface area contributed by atoms with E-state index >= 15 is 0 Å². The molecule has 0 spiro atoms. The van der Waals surface area contributed by atoms with Gasteiger partial charge in [0.2, 0.25) is 0 Å². The molecule has 1 fully saturated rings. The number of nitrogens with one attached hydrogen (secondary N) is 1. The third kappa shape index (κ3) is 2.67. The Labute approximate surface area is 103 Å². The van der Waals surface area contributed by atoms with Crippen molar-refractivity contribution in [2.45, 2.75) is 52.6 Å². The zero-order valence-electron chi connectivity index (χ0n) is 10.6. The van der Waals surface area contributed by atoms with E-state index in [0.29, 0.717) is 0 Å². The van der Waals surface area contributed by atoms with E-state index in [4.69, 9.17) is 0 Å². The van der Waals surface area contributed by atoms with Crippen molar-refractivity contribution in [1.29, 1.82) is 0 Å². The molecule has 1 saturated carbocycles. The van der Waals surface area contributed by atoms with Gasteiger partial charge in [0.1, 0.15) is 0 Å². The Morgan fingerprint density at radius 3 is 2.88 bits per heavy atom. The van der Waals surface area contributed by atoms with E-state index in [1.54, 1.807) is 0 Å². The largest absolute Gasteiger partial charge is 0.309 e. The molecule has 0 unspecified atom stereocenters. The summed E-state index contributed by atoms with van der Waals surface area (Å²) in [7, 11) is 0. The number of hydrogen-bond donors (Lipinski definition) is 1. The minimum Gasteiger partial charge on any atom is -0.309 e. The summed E-state index contributed by atoms with van der Waals surface area (Å²) in [5.41, 5.74) is 1.44. The van der Waals surface area contributed by atoms with E-state index in [-0.39, 0.29) is 0 Å². The highest BCUT2D eigenvalue weighted by molar-refractivity contribution is 7.10. The van der Waals surface area contributed by atoms with E-state index in [9.17, 15) is 0 Å². The van der Waals surface area contributed by atoms with Gasteiger partial charge in [0, 0.05) is 17.5 Å². The van der Waals surface area contributed by atoms with Crippen molar-refractivity contribution in [3.8, 4) is 0 Å². The molecule has 0 saturated heterocycles. The lowest BCUT2D eigenvalue weighted by molar-refractivity contribution is 0.206. The first kappa shape index (κ1) is 12.1. The highest BCUT2D eigenvalue weighted by atomic mass is 32.1. The second-order valence-corrected chi connectivity index (χ2v) is 6.28. The number of thiophene rings is 1. The van der Waals surface area contributed by atoms with E-state index in [1.807, 2.05) is 11.3 Å². The molecule has 0 amide bonds. The maximum Gasteiger partial charge on any atom is 0.0305 e. The van der Waals surface area contributed by atoms with Gasteiger partial charge in [0.05, 0.1) is 0 Å². The Morgan fingerprint density at radius 1 is 1.38 bits per heavy atom. The van der Waals surface area contributed by atoms with Gasteiger partial charge < -0.3 is 5.32 Å². The molecule has 1 heterocycles. The molecule has 2 heteroatoms. The van der Waals surface area contributed by atoms with Crippen LogP contribution in [0.1, 0.15) is 43.6 Å². The molecule has 1 aliphatic carbocycles. The molecule has 0 bridgehead atoms. The number of hydrogen-bond acceptors (Lipinski definition) is 2. The lowest BCUT2D eigenvalue weighted by Crippen LogP contribution is -2.40. The predicted octanol–water partition coefficient (Wildman–Crippen LogP) is 3.97. The third-order valence-corrected chi connectivity index (χ3v) is 5.22. The summed E-state index contributed by atoms with van der Waals surface area (Å²) in [6.45, 7) is 8.07. The van der Waals surface area contributed by atoms with Crippen LogP contribution in [0.2, 0.25) is 0 Å². The van der Waals surface area contributed by atoms with Crippen molar-refractivity contribution in [3.63, 3.8) is 0 Å². The van der Waals surface area contributed by atoms with Crippen molar-refractivity contribution in [1.82, 2.24) is 5.32 Å². The summed E-state index contributed by atoms with van der Waals surface area (Å²) >= 11 is 1.88. The monoisotopic (exact) mass is 237 g/mol. The van der Waals surface area contributed by atoms with Gasteiger partial charge in [-0.2, -0.15) is 0 Å². The van der Waals surface area contributed by atoms with Crippen molar-refractivity contribution in [3.05, 3.63) is 21.9 Å². The second kappa shape index (κ2) is 5.33. The Bertz CT molecular complexity index is 331. The maximum atomic E-state index is 3.76. The first-order valence-corrected chi connectivity index (χ1v) is 7.33. The second-order valence-electron chi connectivity index (χ2n) is 5.28. The summed E-state index contributed by atoms with van der Waals surface area (Å²) in [5, 5.41) is 5.95. The van der Waals surface area contributed by atoms with Crippen LogP contribution in [0.3, 0.4) is 0 Å². The van der Waals surface area contributed by atoms with Crippen molar-refractivity contribution >= 4 is 11.3 Å². The van der Waals surface area contributed by atoms with Crippen LogP contribution in [0.4, 0.5) is 0 Å². The van der Waals surface area contributed by atoms with Crippen molar-refractivity contribution in [2.24, 2.45) is 11.8 Å². The molecular weight excluding hydrogens is 214 g/mol. The zero-order valence-corrected chi connectivity index (χ0v) is 11.4. The quantitative estimate of drug-likeness (QED) is 0.838. The summed E-state index contributed by atoms with van der Waals surface area (Å²) < 4.78 is 0. The third-order valence-electron chi connectivity index (χ3n) is 4.20. The van der Waals surface area contributed by atoms with Crippen LogP contribution in [-0.4, -0.2) is 6.04 Å². The average Bonchev–Trinajstić information content (AvgIpc) is 2.67. The van der Waals surface area contributed by atoms with E-state index in [1.165, 1.54) is 29.7 Å². The van der Waals surface area contributed by atoms with Crippen LogP contribution in [0.5, 0.6) is 0 Å². The van der Waals surface area contributed by atoms with Gasteiger partial charge in [0.25, 0.3) is 0 Å². The van der Waals surface area contributed by atoms with Crippen LogP contribution >= 0.6 is 11.3 Å². The van der Waals surface area contributed by atoms with Gasteiger partial charge >= 0.3 is 0 Å². The Hall–Kier alpha value is -0.340. The standard InChI is InChI=1S/C14H23NS/c1-10-5-4-6-13(12(10)3)15-9-14-11(2)7-8-16-14/h7-8,10,12-13,15H,4-6,9H2,1-3H3/t10-,12+,13+/m0/s1. The first-order valence-electron chi connectivity index (χ1n) is 6.45. The Morgan fingerprint density at radius 2 is 2.19 bits per heavy atom. The Kier molecular flexibility index (Phi) is 4.04. The van der Waals surface area contributed by atoms with Gasteiger partial charge in [0.15, 0.2) is 0 Å². The molecule has 1 aliphatic rings.